The molecular formula is C19H22N4O3. The Morgan fingerprint density at radius 2 is 2.23 bits per heavy atom. The maximum Gasteiger partial charge on any atom is 0.226 e. The van der Waals surface area contributed by atoms with E-state index in [0.717, 1.165) is 43.2 Å². The zero-order valence-corrected chi connectivity index (χ0v) is 14.8. The Morgan fingerprint density at radius 3 is 3.00 bits per heavy atom. The minimum Gasteiger partial charge on any atom is -0.486 e. The molecule has 4 heterocycles. The van der Waals surface area contributed by atoms with Crippen molar-refractivity contribution in [3.63, 3.8) is 0 Å². The monoisotopic (exact) mass is 354 g/mol. The maximum absolute atomic E-state index is 12.9. The van der Waals surface area contributed by atoms with Gasteiger partial charge in [-0.1, -0.05) is 0 Å². The van der Waals surface area contributed by atoms with Gasteiger partial charge in [-0.25, -0.2) is 0 Å². The predicted molar refractivity (Wildman–Crippen MR) is 92.2 cm³/mol. The number of fused-ring (bicyclic) bond motifs is 2. The van der Waals surface area contributed by atoms with Gasteiger partial charge in [-0.15, -0.1) is 0 Å². The van der Waals surface area contributed by atoms with Gasteiger partial charge in [0.1, 0.15) is 18.1 Å². The van der Waals surface area contributed by atoms with E-state index in [1.54, 1.807) is 12.4 Å². The Balaban J connectivity index is 1.31. The van der Waals surface area contributed by atoms with Crippen LogP contribution in [0, 0.1) is 17.8 Å². The first-order valence-electron chi connectivity index (χ1n) is 9.15. The van der Waals surface area contributed by atoms with Crippen molar-refractivity contribution >= 4 is 5.91 Å². The topological polar surface area (TPSA) is 69.5 Å². The second-order valence-corrected chi connectivity index (χ2v) is 7.37. The van der Waals surface area contributed by atoms with E-state index in [2.05, 4.69) is 10.1 Å². The van der Waals surface area contributed by atoms with Crippen LogP contribution in [0.25, 0.3) is 0 Å². The molecule has 3 atom stereocenters. The number of carbonyl (C=O) groups excluding carboxylic acids is 1. The molecule has 0 radical (unpaired) electrons. The molecule has 1 amide bonds. The van der Waals surface area contributed by atoms with Crippen LogP contribution >= 0.6 is 0 Å². The molecule has 0 bridgehead atoms. The van der Waals surface area contributed by atoms with Crippen molar-refractivity contribution in [2.24, 2.45) is 24.8 Å². The lowest BCUT2D eigenvalue weighted by Crippen LogP contribution is -2.38. The second-order valence-electron chi connectivity index (χ2n) is 7.37. The van der Waals surface area contributed by atoms with E-state index in [9.17, 15) is 4.79 Å². The van der Waals surface area contributed by atoms with E-state index in [-0.39, 0.29) is 11.8 Å². The Hall–Kier alpha value is -2.41. The molecule has 7 heteroatoms. The zero-order valence-electron chi connectivity index (χ0n) is 14.8. The van der Waals surface area contributed by atoms with Crippen molar-refractivity contribution in [2.45, 2.75) is 19.6 Å². The molecule has 2 aromatic rings. The number of aryl methyl sites for hydroxylation is 1. The molecule has 2 aromatic heterocycles. The lowest BCUT2D eigenvalue weighted by molar-refractivity contribution is -0.135. The Kier molecular flexibility index (Phi) is 3.70. The fraction of sp³-hybridized carbons (Fsp3) is 0.526. The molecule has 0 aromatic carbocycles. The number of amides is 1. The number of pyridine rings is 1. The average Bonchev–Trinajstić information content (AvgIpc) is 3.00. The molecule has 2 fully saturated rings. The molecule has 0 N–H and O–H groups in total. The summed E-state index contributed by atoms with van der Waals surface area (Å²) in [6.07, 6.45) is 4.26. The number of hydrogen-bond acceptors (Lipinski definition) is 5. The second kappa shape index (κ2) is 6.09. The number of nitrogens with zero attached hydrogens (tertiary/aromatic N) is 4. The van der Waals surface area contributed by atoms with E-state index < -0.39 is 0 Å². The van der Waals surface area contributed by atoms with Gasteiger partial charge in [-0.2, -0.15) is 5.10 Å². The lowest BCUT2D eigenvalue weighted by atomic mass is 10.0. The third-order valence-electron chi connectivity index (χ3n) is 5.88. The van der Waals surface area contributed by atoms with Gasteiger partial charge in [0.05, 0.1) is 19.4 Å². The highest BCUT2D eigenvalue weighted by molar-refractivity contribution is 5.83. The minimum absolute atomic E-state index is 0.178. The highest BCUT2D eigenvalue weighted by Crippen LogP contribution is 2.51. The molecular weight excluding hydrogens is 332 g/mol. The summed E-state index contributed by atoms with van der Waals surface area (Å²) < 4.78 is 13.2. The first-order valence-corrected chi connectivity index (χ1v) is 9.15. The number of ether oxygens (including phenoxy) is 2. The number of rotatable bonds is 4. The maximum atomic E-state index is 12.9. The largest absolute Gasteiger partial charge is 0.486 e. The summed E-state index contributed by atoms with van der Waals surface area (Å²) in [6, 6.07) is 3.73. The Labute approximate surface area is 151 Å². The SMILES string of the molecule is Cn1nc(COc2cccnc2)c2c1CCN(C(=O)C1[C@H]3COC[C@@H]13)C2. The molecule has 2 aliphatic heterocycles. The van der Waals surface area contributed by atoms with Crippen molar-refractivity contribution in [3.8, 4) is 5.75 Å². The van der Waals surface area contributed by atoms with Gasteiger partial charge in [-0.3, -0.25) is 14.5 Å². The molecule has 1 unspecified atom stereocenters. The van der Waals surface area contributed by atoms with Crippen LogP contribution in [0.5, 0.6) is 5.75 Å². The van der Waals surface area contributed by atoms with Crippen molar-refractivity contribution in [1.29, 1.82) is 0 Å². The Bertz CT molecular complexity index is 825. The van der Waals surface area contributed by atoms with Crippen LogP contribution in [0.1, 0.15) is 17.0 Å². The van der Waals surface area contributed by atoms with Crippen LogP contribution in [-0.4, -0.2) is 45.3 Å². The predicted octanol–water partition coefficient (Wildman–Crippen LogP) is 1.17. The smallest absolute Gasteiger partial charge is 0.226 e. The first-order chi connectivity index (χ1) is 12.7. The molecule has 7 nitrogen and oxygen atoms in total. The number of carbonyl (C=O) groups is 1. The normalized spacial score (nSPS) is 26.3. The zero-order chi connectivity index (χ0) is 17.7. The molecule has 136 valence electrons. The van der Waals surface area contributed by atoms with Crippen LogP contribution in [-0.2, 0) is 36.2 Å². The van der Waals surface area contributed by atoms with Crippen LogP contribution in [0.3, 0.4) is 0 Å². The first kappa shape index (κ1) is 15.8. The third kappa shape index (κ3) is 2.58. The third-order valence-corrected chi connectivity index (χ3v) is 5.88. The van der Waals surface area contributed by atoms with E-state index in [4.69, 9.17) is 9.47 Å². The summed E-state index contributed by atoms with van der Waals surface area (Å²) in [4.78, 5) is 19.0. The highest BCUT2D eigenvalue weighted by Gasteiger charge is 2.59. The summed E-state index contributed by atoms with van der Waals surface area (Å²) >= 11 is 0. The van der Waals surface area contributed by atoms with Crippen molar-refractivity contribution in [1.82, 2.24) is 19.7 Å². The van der Waals surface area contributed by atoms with E-state index in [1.165, 1.54) is 5.69 Å². The van der Waals surface area contributed by atoms with E-state index >= 15 is 0 Å². The van der Waals surface area contributed by atoms with Gasteiger partial charge >= 0.3 is 0 Å². The average molecular weight is 354 g/mol. The molecule has 26 heavy (non-hydrogen) atoms. The van der Waals surface area contributed by atoms with E-state index in [0.29, 0.717) is 25.0 Å². The summed E-state index contributed by atoms with van der Waals surface area (Å²) in [5, 5.41) is 4.63. The lowest BCUT2D eigenvalue weighted by Gasteiger charge is -2.28. The highest BCUT2D eigenvalue weighted by atomic mass is 16.5. The standard InChI is InChI=1S/C19H22N4O3/c1-22-17-4-6-23(19(24)18-14-9-25-10-15(14)18)8-13(17)16(21-22)11-26-12-3-2-5-20-7-12/h2-3,5,7,14-15,18H,4,6,8-11H2,1H3/t14-,15+,18?. The van der Waals surface area contributed by atoms with Gasteiger partial charge in [0.25, 0.3) is 0 Å². The van der Waals surface area contributed by atoms with Gasteiger partial charge in [0.2, 0.25) is 5.91 Å². The van der Waals surface area contributed by atoms with Gasteiger partial charge < -0.3 is 14.4 Å². The Morgan fingerprint density at radius 1 is 1.38 bits per heavy atom. The molecule has 5 rings (SSSR count). The molecule has 0 spiro atoms. The molecule has 1 aliphatic carbocycles. The molecule has 3 aliphatic rings. The summed E-state index contributed by atoms with van der Waals surface area (Å²) in [5.74, 6) is 2.09. The minimum atomic E-state index is 0.178. The van der Waals surface area contributed by atoms with Crippen molar-refractivity contribution in [2.75, 3.05) is 19.8 Å². The van der Waals surface area contributed by atoms with Crippen molar-refractivity contribution in [3.05, 3.63) is 41.5 Å². The number of hydrogen-bond donors (Lipinski definition) is 0. The van der Waals surface area contributed by atoms with Gasteiger partial charge in [-0.05, 0) is 24.0 Å². The fourth-order valence-corrected chi connectivity index (χ4v) is 4.37. The summed E-state index contributed by atoms with van der Waals surface area (Å²) in [7, 11) is 1.96. The van der Waals surface area contributed by atoms with Crippen LogP contribution in [0.2, 0.25) is 0 Å². The van der Waals surface area contributed by atoms with Crippen LogP contribution < -0.4 is 4.74 Å². The van der Waals surface area contributed by atoms with Gasteiger partial charge in [0.15, 0.2) is 0 Å². The fourth-order valence-electron chi connectivity index (χ4n) is 4.37. The van der Waals surface area contributed by atoms with E-state index in [1.807, 2.05) is 28.8 Å². The van der Waals surface area contributed by atoms with Gasteiger partial charge in [0, 0.05) is 49.9 Å². The number of aromatic nitrogens is 3. The summed E-state index contributed by atoms with van der Waals surface area (Å²) in [6.45, 7) is 3.28. The molecule has 1 saturated heterocycles. The summed E-state index contributed by atoms with van der Waals surface area (Å²) in [5.41, 5.74) is 3.25. The van der Waals surface area contributed by atoms with Crippen LogP contribution in [0.15, 0.2) is 24.5 Å². The van der Waals surface area contributed by atoms with Crippen molar-refractivity contribution < 1.29 is 14.3 Å². The molecule has 1 saturated carbocycles. The van der Waals surface area contributed by atoms with Crippen LogP contribution in [0.4, 0.5) is 0 Å². The quantitative estimate of drug-likeness (QED) is 0.824.